The Labute approximate surface area is 58.4 Å². The van der Waals surface area contributed by atoms with Gasteiger partial charge in [-0.05, 0) is 0 Å². The van der Waals surface area contributed by atoms with Crippen molar-refractivity contribution < 1.29 is 29.0 Å². The predicted molar refractivity (Wildman–Crippen MR) is 31.5 cm³/mol. The van der Waals surface area contributed by atoms with Crippen LogP contribution in [0.25, 0.3) is 0 Å². The molecule has 0 spiro atoms. The number of aliphatic hydroxyl groups is 2. The maximum absolute atomic E-state index is 8.54. The molecule has 0 aliphatic rings. The van der Waals surface area contributed by atoms with E-state index in [9.17, 15) is 0 Å². The summed E-state index contributed by atoms with van der Waals surface area (Å²) in [5.74, 6) is 0. The molecule has 0 aromatic carbocycles. The van der Waals surface area contributed by atoms with E-state index >= 15 is 0 Å². The van der Waals surface area contributed by atoms with Crippen molar-refractivity contribution in [3.8, 4) is 0 Å². The Kier molecular flexibility index (Phi) is 3.97. The van der Waals surface area contributed by atoms with Gasteiger partial charge < -0.3 is 29.0 Å². The van der Waals surface area contributed by atoms with Crippen LogP contribution in [0.15, 0.2) is 0 Å². The zero-order valence-corrected chi connectivity index (χ0v) is 6.14. The molecule has 0 saturated heterocycles. The van der Waals surface area contributed by atoms with Gasteiger partial charge in [0.1, 0.15) is 0 Å². The largest absolute Gasteiger partial charge is 0.671 e. The molecule has 10 heavy (non-hydrogen) atoms. The Morgan fingerprint density at radius 2 is 1.80 bits per heavy atom. The van der Waals surface area contributed by atoms with Gasteiger partial charge in [-0.1, -0.05) is 0 Å². The lowest BCUT2D eigenvalue weighted by atomic mass is 10.4. The molecule has 0 aliphatic heterocycles. The summed E-state index contributed by atoms with van der Waals surface area (Å²) in [5.41, 5.74) is 0. The molecule has 1 atom stereocenters. The van der Waals surface area contributed by atoms with Gasteiger partial charge in [0.15, 0.2) is 0 Å². The number of hydrogen-bond acceptors (Lipinski definition) is 6. The Morgan fingerprint density at radius 1 is 1.30 bits per heavy atom. The lowest BCUT2D eigenvalue weighted by Crippen LogP contribution is -2.41. The molecular weight excluding hydrogens is 160 g/mol. The van der Waals surface area contributed by atoms with E-state index in [1.807, 2.05) is 0 Å². The summed E-state index contributed by atoms with van der Waals surface area (Å²) in [5, 5.41) is 16.7. The highest BCUT2D eigenvalue weighted by molar-refractivity contribution is 6.48. The molecule has 1 unspecified atom stereocenters. The average molecular weight is 170 g/mol. The van der Waals surface area contributed by atoms with Crippen molar-refractivity contribution in [2.24, 2.45) is 0 Å². The second-order valence-electron chi connectivity index (χ2n) is 1.72. The third kappa shape index (κ3) is 6.10. The van der Waals surface area contributed by atoms with Crippen LogP contribution < -0.4 is 0 Å². The second kappa shape index (κ2) is 3.98. The van der Waals surface area contributed by atoms with Crippen molar-refractivity contribution in [1.82, 2.24) is 0 Å². The Balaban J connectivity index is 3.36. The van der Waals surface area contributed by atoms with Gasteiger partial charge in [-0.15, -0.1) is 0 Å². The molecule has 62 valence electrons. The van der Waals surface area contributed by atoms with Crippen LogP contribution in [-0.4, -0.2) is 53.0 Å². The van der Waals surface area contributed by atoms with Crippen LogP contribution in [0.3, 0.4) is 0 Å². The summed E-state index contributed by atoms with van der Waals surface area (Å²) in [6, 6.07) is 0. The summed E-state index contributed by atoms with van der Waals surface area (Å²) in [6.07, 6.45) is -1.20. The van der Waals surface area contributed by atoms with E-state index in [-0.39, 0.29) is 0 Å². The molecule has 0 fully saturated rings. The van der Waals surface area contributed by atoms with Gasteiger partial charge in [-0.3, -0.25) is 0 Å². The van der Waals surface area contributed by atoms with Crippen molar-refractivity contribution in [2.45, 2.75) is 6.10 Å². The summed E-state index contributed by atoms with van der Waals surface area (Å²) in [6.45, 7) is -1.04. The Bertz CT molecular complexity index is 89.5. The molecule has 0 saturated carbocycles. The van der Waals surface area contributed by atoms with Crippen molar-refractivity contribution in [1.29, 1.82) is 0 Å². The van der Waals surface area contributed by atoms with Crippen LogP contribution in [0.5, 0.6) is 0 Å². The van der Waals surface area contributed by atoms with Crippen molar-refractivity contribution in [3.05, 3.63) is 0 Å². The normalized spacial score (nSPS) is 15.3. The minimum absolute atomic E-state index is 0.494. The van der Waals surface area contributed by atoms with E-state index in [1.165, 1.54) is 0 Å². The molecule has 0 aliphatic carbocycles. The molecule has 0 aromatic heterocycles. The van der Waals surface area contributed by atoms with E-state index in [0.29, 0.717) is 0 Å². The molecule has 0 aromatic rings. The van der Waals surface area contributed by atoms with Gasteiger partial charge in [-0.25, -0.2) is 0 Å². The monoisotopic (exact) mass is 170 g/mol. The van der Waals surface area contributed by atoms with Gasteiger partial charge in [0.05, 0.1) is 19.3 Å². The molecule has 7 heteroatoms. The molecule has 5 N–H and O–H groups in total. The summed E-state index contributed by atoms with van der Waals surface area (Å²) < 4.78 is 3.98. The first-order valence-corrected chi connectivity index (χ1v) is 4.30. The maximum atomic E-state index is 8.54. The quantitative estimate of drug-likeness (QED) is 0.284. The summed E-state index contributed by atoms with van der Waals surface area (Å²) in [4.78, 5) is 24.6. The maximum Gasteiger partial charge on any atom is 0.671 e. The van der Waals surface area contributed by atoms with Gasteiger partial charge >= 0.3 is 9.05 Å². The highest BCUT2D eigenvalue weighted by atomic mass is 28.4. The zero-order chi connectivity index (χ0) is 8.20. The molecule has 0 bridgehead atoms. The highest BCUT2D eigenvalue weighted by Gasteiger charge is 2.31. The lowest BCUT2D eigenvalue weighted by molar-refractivity contribution is -0.00187. The van der Waals surface area contributed by atoms with Crippen molar-refractivity contribution >= 4 is 9.05 Å². The first-order valence-electron chi connectivity index (χ1n) is 2.55. The smallest absolute Gasteiger partial charge is 0.394 e. The van der Waals surface area contributed by atoms with Crippen LogP contribution in [-0.2, 0) is 4.43 Å². The topological polar surface area (TPSA) is 110 Å². The fraction of sp³-hybridized carbons (Fsp3) is 1.00. The van der Waals surface area contributed by atoms with Crippen LogP contribution in [0.2, 0.25) is 0 Å². The lowest BCUT2D eigenvalue weighted by Gasteiger charge is -2.11. The zero-order valence-electron chi connectivity index (χ0n) is 5.14. The Morgan fingerprint density at radius 3 is 2.10 bits per heavy atom. The molecule has 0 heterocycles. The molecule has 0 radical (unpaired) electrons. The minimum Gasteiger partial charge on any atom is -0.394 e. The number of aliphatic hydroxyl groups excluding tert-OH is 2. The minimum atomic E-state index is -4.51. The molecule has 0 rings (SSSR count). The molecular formula is C3H10O6Si. The van der Waals surface area contributed by atoms with Gasteiger partial charge in [-0.2, -0.15) is 0 Å². The average Bonchev–Trinajstić information content (AvgIpc) is 1.81. The van der Waals surface area contributed by atoms with Crippen LogP contribution in [0, 0.1) is 0 Å². The van der Waals surface area contributed by atoms with Crippen LogP contribution in [0.4, 0.5) is 0 Å². The third-order valence-corrected chi connectivity index (χ3v) is 1.23. The molecule has 0 amide bonds. The standard InChI is InChI=1S/C3H10O6Si/c4-1-3(5)2-9-10(6,7)8/h3-8H,1-2H2. The van der Waals surface area contributed by atoms with E-state index in [1.54, 1.807) is 0 Å². The van der Waals surface area contributed by atoms with Crippen molar-refractivity contribution in [2.75, 3.05) is 13.2 Å². The van der Waals surface area contributed by atoms with Crippen LogP contribution >= 0.6 is 0 Å². The van der Waals surface area contributed by atoms with E-state index in [0.717, 1.165) is 0 Å². The fourth-order valence-electron chi connectivity index (χ4n) is 0.261. The van der Waals surface area contributed by atoms with Crippen LogP contribution in [0.1, 0.15) is 0 Å². The first kappa shape index (κ1) is 9.98. The van der Waals surface area contributed by atoms with Gasteiger partial charge in [0.25, 0.3) is 0 Å². The number of rotatable bonds is 4. The summed E-state index contributed by atoms with van der Waals surface area (Å²) >= 11 is 0. The van der Waals surface area contributed by atoms with E-state index < -0.39 is 28.4 Å². The van der Waals surface area contributed by atoms with Crippen molar-refractivity contribution in [3.63, 3.8) is 0 Å². The Hall–Kier alpha value is -0.0231. The highest BCUT2D eigenvalue weighted by Crippen LogP contribution is 1.91. The van der Waals surface area contributed by atoms with Gasteiger partial charge in [0.2, 0.25) is 0 Å². The third-order valence-electron chi connectivity index (χ3n) is 0.680. The van der Waals surface area contributed by atoms with E-state index in [4.69, 9.17) is 24.6 Å². The first-order chi connectivity index (χ1) is 4.45. The fourth-order valence-corrected chi connectivity index (χ4v) is 0.677. The summed E-state index contributed by atoms with van der Waals surface area (Å²) in [7, 11) is -4.51. The van der Waals surface area contributed by atoms with Gasteiger partial charge in [0, 0.05) is 0 Å². The molecule has 6 nitrogen and oxygen atoms in total. The second-order valence-corrected chi connectivity index (χ2v) is 3.16. The number of hydrogen-bond donors (Lipinski definition) is 5. The predicted octanol–water partition coefficient (Wildman–Crippen LogP) is -3.23. The van der Waals surface area contributed by atoms with E-state index in [2.05, 4.69) is 4.43 Å². The SMILES string of the molecule is OCC(O)CO[Si](O)(O)O.